The predicted octanol–water partition coefficient (Wildman–Crippen LogP) is -4.24. The van der Waals surface area contributed by atoms with E-state index in [0.29, 0.717) is 0 Å². The van der Waals surface area contributed by atoms with E-state index >= 15 is 0 Å². The van der Waals surface area contributed by atoms with Crippen LogP contribution in [0, 0.1) is 0 Å². The van der Waals surface area contributed by atoms with Gasteiger partial charge in [-0.2, -0.15) is 0 Å². The molecule has 0 aromatic heterocycles. The molecule has 0 saturated heterocycles. The summed E-state index contributed by atoms with van der Waals surface area (Å²) in [6.07, 6.45) is 0. The van der Waals surface area contributed by atoms with Gasteiger partial charge >= 0.3 is 48.3 Å². The Morgan fingerprint density at radius 3 is 1.29 bits per heavy atom. The second-order valence-electron chi connectivity index (χ2n) is 0.415. The van der Waals surface area contributed by atoms with Gasteiger partial charge in [0.05, 0.1) is 0 Å². The quantitative estimate of drug-likeness (QED) is 0.377. The molecule has 0 spiro atoms. The van der Waals surface area contributed by atoms with E-state index in [-0.39, 0.29) is 36.8 Å². The summed E-state index contributed by atoms with van der Waals surface area (Å²) in [5.41, 5.74) is 0. The molecule has 0 rings (SSSR count). The first-order valence-electron chi connectivity index (χ1n) is 0.647. The van der Waals surface area contributed by atoms with E-state index in [9.17, 15) is 0 Å². The van der Waals surface area contributed by atoms with E-state index in [1.165, 1.54) is 0 Å². The first-order valence-corrected chi connectivity index (χ1v) is 2.67. The van der Waals surface area contributed by atoms with Crippen molar-refractivity contribution < 1.29 is 66.2 Å². The summed E-state index contributed by atoms with van der Waals surface area (Å²) >= 11 is -5.12. The third-order valence-corrected chi connectivity index (χ3v) is 0. The van der Waals surface area contributed by atoms with Gasteiger partial charge in [-0.1, -0.05) is 0 Å². The first-order chi connectivity index (χ1) is 2.00. The Morgan fingerprint density at radius 1 is 1.29 bits per heavy atom. The van der Waals surface area contributed by atoms with Crippen molar-refractivity contribution in [2.45, 2.75) is 0 Å². The van der Waals surface area contributed by atoms with Gasteiger partial charge in [0.15, 0.2) is 0 Å². The molecule has 2 N–H and O–H groups in total. The minimum atomic E-state index is -5.12. The molecule has 0 aromatic carbocycles. The molecule has 0 fully saturated rings. The van der Waals surface area contributed by atoms with E-state index in [1.807, 2.05) is 0 Å². The Balaban J connectivity index is -0.0000000267. The van der Waals surface area contributed by atoms with Crippen LogP contribution in [0.15, 0.2) is 0 Å². The fourth-order valence-corrected chi connectivity index (χ4v) is 0. The summed E-state index contributed by atoms with van der Waals surface area (Å²) in [4.78, 5) is 0. The van der Waals surface area contributed by atoms with Crippen LogP contribution in [0.5, 0.6) is 0 Å². The van der Waals surface area contributed by atoms with E-state index in [1.54, 1.807) is 0 Å². The van der Waals surface area contributed by atoms with Crippen LogP contribution >= 0.6 is 0 Å². The topological polar surface area (TPSA) is 74.6 Å². The second kappa shape index (κ2) is 5.27. The molecule has 0 amide bonds. The average molecular weight is 188 g/mol. The van der Waals surface area contributed by atoms with E-state index < -0.39 is 13.4 Å². The molecule has 4 nitrogen and oxygen atoms in total. The molecule has 7 heavy (non-hydrogen) atoms. The van der Waals surface area contributed by atoms with E-state index in [2.05, 4.69) is 0 Å². The van der Waals surface area contributed by atoms with Gasteiger partial charge in [-0.3, -0.25) is 0 Å². The van der Waals surface area contributed by atoms with Crippen LogP contribution in [0.1, 0.15) is 1.43 Å². The summed E-state index contributed by atoms with van der Waals surface area (Å²) in [5, 5.41) is 0. The maximum atomic E-state index is 8.80. The van der Waals surface area contributed by atoms with Crippen molar-refractivity contribution in [3.8, 4) is 0 Å². The molecule has 0 aliphatic carbocycles. The monoisotopic (exact) mass is 187 g/mol. The fraction of sp³-hybridized carbons (Fsp3) is 0. The van der Waals surface area contributed by atoms with Crippen molar-refractivity contribution in [1.82, 2.24) is 0 Å². The molecule has 0 aliphatic rings. The van der Waals surface area contributed by atoms with Gasteiger partial charge in [-0.25, -0.2) is 0 Å². The van der Waals surface area contributed by atoms with Crippen molar-refractivity contribution >= 4 is 0 Å². The van der Waals surface area contributed by atoms with Gasteiger partial charge in [0.2, 0.25) is 0 Å². The molecule has 0 bridgehead atoms. The molecule has 0 atom stereocenters. The predicted molar refractivity (Wildman–Crippen MR) is 6.92 cm³/mol. The van der Waals surface area contributed by atoms with Crippen molar-refractivity contribution in [3.63, 3.8) is 0 Å². The molecule has 0 saturated carbocycles. The fourth-order valence-electron chi connectivity index (χ4n) is 0. The number of hydrogen-bond acceptors (Lipinski definition) is 2. The van der Waals surface area contributed by atoms with E-state index in [0.717, 1.165) is 0 Å². The van der Waals surface area contributed by atoms with Crippen LogP contribution in [0.2, 0.25) is 0 Å². The van der Waals surface area contributed by atoms with Crippen LogP contribution in [-0.4, -0.2) is 8.38 Å². The van der Waals surface area contributed by atoms with Crippen LogP contribution in [-0.2, 0) is 37.5 Å². The minimum absolute atomic E-state index is 0. The normalized spacial score (nSPS) is 8.29. The molecule has 7 heteroatoms. The molecular formula is H3LiMnNiO4. The third-order valence-electron chi connectivity index (χ3n) is 0. The van der Waals surface area contributed by atoms with Crippen LogP contribution in [0.4, 0.5) is 0 Å². The van der Waals surface area contributed by atoms with Gasteiger partial charge in [-0.05, 0) is 0 Å². The molecule has 0 aromatic rings. The summed E-state index contributed by atoms with van der Waals surface area (Å²) in [6.45, 7) is 0. The zero-order valence-electron chi connectivity index (χ0n) is 4.41. The third kappa shape index (κ3) is 147. The Bertz CT molecular complexity index is 99.2. The number of rotatable bonds is 0. The zero-order valence-corrected chi connectivity index (χ0v) is 5.57. The standard InChI is InChI=1S/Li.Mn.Ni.2H2O.2O.H/h;;;2*1H2;;;/q+1;+2;;;;;;-1/p-2. The molecule has 45 valence electrons. The maximum absolute atomic E-state index is 8.80. The van der Waals surface area contributed by atoms with Crippen molar-refractivity contribution in [1.29, 1.82) is 0 Å². The summed E-state index contributed by atoms with van der Waals surface area (Å²) in [5.74, 6) is 0. The van der Waals surface area contributed by atoms with Crippen LogP contribution in [0.25, 0.3) is 0 Å². The van der Waals surface area contributed by atoms with Gasteiger partial charge < -0.3 is 1.43 Å². The molecule has 0 heterocycles. The van der Waals surface area contributed by atoms with Crippen molar-refractivity contribution in [2.75, 3.05) is 0 Å². The average Bonchev–Trinajstić information content (AvgIpc) is 0.722. The Hall–Kier alpha value is 1.13. The van der Waals surface area contributed by atoms with Gasteiger partial charge in [0.25, 0.3) is 0 Å². The summed E-state index contributed by atoms with van der Waals surface area (Å²) < 4.78 is 31.8. The molecule has 0 unspecified atom stereocenters. The summed E-state index contributed by atoms with van der Waals surface area (Å²) in [6, 6.07) is 0. The van der Waals surface area contributed by atoms with E-state index in [4.69, 9.17) is 16.0 Å². The summed E-state index contributed by atoms with van der Waals surface area (Å²) in [7, 11) is 0. The molecule has 0 radical (unpaired) electrons. The molecule has 0 aliphatic heterocycles. The number of hydrogen-bond donors (Lipinski definition) is 2. The SMILES string of the molecule is [H-].[Li+].[Ni].[O]=[Mn](=[O])([OH])[OH]. The van der Waals surface area contributed by atoms with Gasteiger partial charge in [-0.15, -0.1) is 0 Å². The Kier molecular flexibility index (Phi) is 11.8. The van der Waals surface area contributed by atoms with Gasteiger partial charge in [0.1, 0.15) is 0 Å². The second-order valence-corrected chi connectivity index (χ2v) is 1.71. The Morgan fingerprint density at radius 2 is 1.29 bits per heavy atom. The van der Waals surface area contributed by atoms with Crippen molar-refractivity contribution in [2.24, 2.45) is 0 Å². The van der Waals surface area contributed by atoms with Crippen LogP contribution in [0.3, 0.4) is 0 Å². The van der Waals surface area contributed by atoms with Crippen molar-refractivity contribution in [3.05, 3.63) is 0 Å². The van der Waals surface area contributed by atoms with Crippen LogP contribution < -0.4 is 18.9 Å². The zero-order chi connectivity index (χ0) is 4.50. The first kappa shape index (κ1) is 15.7. The Labute approximate surface area is 66.2 Å². The van der Waals surface area contributed by atoms with Gasteiger partial charge in [0, 0.05) is 16.5 Å². The molecular weight excluding hydrogens is 185 g/mol.